The van der Waals surface area contributed by atoms with Crippen LogP contribution in [0.1, 0.15) is 31.2 Å². The maximum Gasteiger partial charge on any atom is 0.417 e. The lowest BCUT2D eigenvalue weighted by Gasteiger charge is -2.25. The number of nitrogens with zero attached hydrogens (tertiary/aromatic N) is 1. The van der Waals surface area contributed by atoms with Gasteiger partial charge in [0.1, 0.15) is 0 Å². The lowest BCUT2D eigenvalue weighted by atomic mass is 10.1. The zero-order valence-corrected chi connectivity index (χ0v) is 12.8. The minimum absolute atomic E-state index is 0.111. The molecular weight excluding hydrogens is 317 g/mol. The van der Waals surface area contributed by atoms with Gasteiger partial charge < -0.3 is 10.2 Å². The summed E-state index contributed by atoms with van der Waals surface area (Å²) in [4.78, 5) is 14.0. The van der Waals surface area contributed by atoms with Gasteiger partial charge in [-0.15, -0.1) is 0 Å². The third kappa shape index (κ3) is 4.88. The van der Waals surface area contributed by atoms with Crippen molar-refractivity contribution in [1.82, 2.24) is 4.90 Å². The zero-order chi connectivity index (χ0) is 16.2. The second kappa shape index (κ2) is 7.33. The van der Waals surface area contributed by atoms with Crippen molar-refractivity contribution in [2.75, 3.05) is 25.0 Å². The van der Waals surface area contributed by atoms with Gasteiger partial charge in [0.25, 0.3) is 0 Å². The van der Waals surface area contributed by atoms with Gasteiger partial charge in [-0.1, -0.05) is 18.0 Å². The molecule has 0 radical (unpaired) electrons. The molecule has 0 spiro atoms. The van der Waals surface area contributed by atoms with Crippen LogP contribution in [0.15, 0.2) is 18.2 Å². The van der Waals surface area contributed by atoms with E-state index >= 15 is 0 Å². The molecule has 0 saturated carbocycles. The number of likely N-dealkylation sites (tertiary alicyclic amines) is 1. The Morgan fingerprint density at radius 3 is 2.55 bits per heavy atom. The van der Waals surface area contributed by atoms with Crippen molar-refractivity contribution >= 4 is 23.2 Å². The second-order valence-electron chi connectivity index (χ2n) is 5.39. The Morgan fingerprint density at radius 1 is 1.23 bits per heavy atom. The highest BCUT2D eigenvalue weighted by Crippen LogP contribution is 2.36. The maximum atomic E-state index is 12.8. The second-order valence-corrected chi connectivity index (χ2v) is 5.80. The van der Waals surface area contributed by atoms with Crippen LogP contribution < -0.4 is 5.32 Å². The van der Waals surface area contributed by atoms with Gasteiger partial charge in [0.05, 0.1) is 10.6 Å². The Morgan fingerprint density at radius 2 is 1.91 bits per heavy atom. The van der Waals surface area contributed by atoms with E-state index in [1.165, 1.54) is 12.5 Å². The normalized spacial score (nSPS) is 16.5. The first-order valence-electron chi connectivity index (χ1n) is 7.25. The van der Waals surface area contributed by atoms with Crippen molar-refractivity contribution in [3.63, 3.8) is 0 Å². The largest absolute Gasteiger partial charge is 0.417 e. The zero-order valence-electron chi connectivity index (χ0n) is 12.0. The lowest BCUT2D eigenvalue weighted by Crippen LogP contribution is -2.32. The quantitative estimate of drug-likeness (QED) is 0.896. The molecule has 1 amide bonds. The molecule has 1 aliphatic heterocycles. The number of alkyl halides is 3. The number of carbonyl (C=O) groups excluding carboxylic acids is 1. The fourth-order valence-corrected chi connectivity index (χ4v) is 2.71. The van der Waals surface area contributed by atoms with Crippen LogP contribution in [0.5, 0.6) is 0 Å². The molecule has 2 rings (SSSR count). The number of benzene rings is 1. The SMILES string of the molecule is O=C(CCN1CCCCC1)Nc1ccc(Cl)c(C(F)(F)F)c1. The summed E-state index contributed by atoms with van der Waals surface area (Å²) in [5.74, 6) is -0.291. The minimum Gasteiger partial charge on any atom is -0.326 e. The monoisotopic (exact) mass is 334 g/mol. The summed E-state index contributed by atoms with van der Waals surface area (Å²) in [5.41, 5.74) is -0.830. The fourth-order valence-electron chi connectivity index (χ4n) is 2.49. The Labute approximate surface area is 132 Å². The maximum absolute atomic E-state index is 12.8. The van der Waals surface area contributed by atoms with Crippen molar-refractivity contribution in [3.05, 3.63) is 28.8 Å². The molecule has 1 aromatic rings. The molecule has 1 heterocycles. The van der Waals surface area contributed by atoms with Gasteiger partial charge in [-0.2, -0.15) is 13.2 Å². The predicted octanol–water partition coefficient (Wildman–Crippen LogP) is 4.17. The van der Waals surface area contributed by atoms with Crippen LogP contribution in [0.2, 0.25) is 5.02 Å². The van der Waals surface area contributed by atoms with Crippen molar-refractivity contribution < 1.29 is 18.0 Å². The van der Waals surface area contributed by atoms with E-state index in [9.17, 15) is 18.0 Å². The van der Waals surface area contributed by atoms with Crippen molar-refractivity contribution in [2.24, 2.45) is 0 Å². The molecule has 1 fully saturated rings. The highest BCUT2D eigenvalue weighted by Gasteiger charge is 2.33. The van der Waals surface area contributed by atoms with E-state index in [0.717, 1.165) is 38.1 Å². The highest BCUT2D eigenvalue weighted by atomic mass is 35.5. The average molecular weight is 335 g/mol. The van der Waals surface area contributed by atoms with E-state index in [0.29, 0.717) is 6.54 Å². The van der Waals surface area contributed by atoms with Gasteiger partial charge in [0.2, 0.25) is 5.91 Å². The fraction of sp³-hybridized carbons (Fsp3) is 0.533. The molecule has 1 saturated heterocycles. The van der Waals surface area contributed by atoms with Gasteiger partial charge >= 0.3 is 6.18 Å². The summed E-state index contributed by atoms with van der Waals surface area (Å²) in [5, 5.41) is 2.12. The third-order valence-corrected chi connectivity index (χ3v) is 3.99. The minimum atomic E-state index is -4.54. The molecule has 0 aromatic heterocycles. The average Bonchev–Trinajstić information content (AvgIpc) is 2.47. The standard InChI is InChI=1S/C15H18ClF3N2O/c16-13-5-4-11(10-12(13)15(17,18)19)20-14(22)6-9-21-7-2-1-3-8-21/h4-5,10H,1-3,6-9H2,(H,20,22). The van der Waals surface area contributed by atoms with Gasteiger partial charge in [-0.25, -0.2) is 0 Å². The van der Waals surface area contributed by atoms with Gasteiger partial charge in [-0.05, 0) is 44.1 Å². The molecule has 1 aliphatic rings. The number of halogens is 4. The van der Waals surface area contributed by atoms with Crippen LogP contribution in [0, 0.1) is 0 Å². The number of hydrogen-bond acceptors (Lipinski definition) is 2. The van der Waals surface area contributed by atoms with E-state index in [4.69, 9.17) is 11.6 Å². The Hall–Kier alpha value is -1.27. The molecule has 3 nitrogen and oxygen atoms in total. The number of rotatable bonds is 4. The predicted molar refractivity (Wildman–Crippen MR) is 80.0 cm³/mol. The molecule has 0 bridgehead atoms. The molecular formula is C15H18ClF3N2O. The molecule has 1 aromatic carbocycles. The molecule has 122 valence electrons. The molecule has 0 unspecified atom stereocenters. The first kappa shape index (κ1) is 17.1. The van der Waals surface area contributed by atoms with Crippen molar-refractivity contribution in [2.45, 2.75) is 31.9 Å². The molecule has 7 heteroatoms. The van der Waals surface area contributed by atoms with Crippen LogP contribution in [-0.2, 0) is 11.0 Å². The summed E-state index contributed by atoms with van der Waals surface area (Å²) >= 11 is 5.54. The first-order valence-corrected chi connectivity index (χ1v) is 7.63. The van der Waals surface area contributed by atoms with Gasteiger partial charge in [0.15, 0.2) is 0 Å². The summed E-state index contributed by atoms with van der Waals surface area (Å²) < 4.78 is 38.3. The van der Waals surface area contributed by atoms with Crippen LogP contribution in [-0.4, -0.2) is 30.4 Å². The summed E-state index contributed by atoms with van der Waals surface area (Å²) in [6, 6.07) is 3.38. The number of nitrogens with one attached hydrogen (secondary N) is 1. The van der Waals surface area contributed by atoms with Crippen LogP contribution in [0.25, 0.3) is 0 Å². The Kier molecular flexibility index (Phi) is 5.69. The smallest absolute Gasteiger partial charge is 0.326 e. The Balaban J connectivity index is 1.91. The Bertz CT molecular complexity index is 528. The van der Waals surface area contributed by atoms with Gasteiger partial charge in [0, 0.05) is 18.7 Å². The van der Waals surface area contributed by atoms with E-state index in [1.54, 1.807) is 0 Å². The van der Waals surface area contributed by atoms with Crippen LogP contribution in [0.3, 0.4) is 0 Å². The number of piperidine rings is 1. The molecule has 0 aliphatic carbocycles. The molecule has 1 N–H and O–H groups in total. The van der Waals surface area contributed by atoms with Crippen LogP contribution >= 0.6 is 11.6 Å². The van der Waals surface area contributed by atoms with E-state index < -0.39 is 11.7 Å². The number of hydrogen-bond donors (Lipinski definition) is 1. The number of amides is 1. The van der Waals surface area contributed by atoms with Gasteiger partial charge in [-0.3, -0.25) is 4.79 Å². The van der Waals surface area contributed by atoms with Crippen molar-refractivity contribution in [1.29, 1.82) is 0 Å². The topological polar surface area (TPSA) is 32.3 Å². The van der Waals surface area contributed by atoms with E-state index in [1.807, 2.05) is 0 Å². The summed E-state index contributed by atoms with van der Waals surface area (Å²) in [7, 11) is 0. The first-order chi connectivity index (χ1) is 10.4. The van der Waals surface area contributed by atoms with E-state index in [2.05, 4.69) is 10.2 Å². The van der Waals surface area contributed by atoms with E-state index in [-0.39, 0.29) is 23.0 Å². The van der Waals surface area contributed by atoms with Crippen LogP contribution in [0.4, 0.5) is 18.9 Å². The molecule has 0 atom stereocenters. The summed E-state index contributed by atoms with van der Waals surface area (Å²) in [6.45, 7) is 2.59. The molecule has 22 heavy (non-hydrogen) atoms. The number of anilines is 1. The van der Waals surface area contributed by atoms with Crippen molar-refractivity contribution in [3.8, 4) is 0 Å². The third-order valence-electron chi connectivity index (χ3n) is 3.66. The summed E-state index contributed by atoms with van der Waals surface area (Å²) in [6.07, 6.45) is -0.787. The number of carbonyl (C=O) groups is 1. The highest BCUT2D eigenvalue weighted by molar-refractivity contribution is 6.31. The lowest BCUT2D eigenvalue weighted by molar-refractivity contribution is -0.137.